The first kappa shape index (κ1) is 10.3. The molecule has 13 heavy (non-hydrogen) atoms. The van der Waals surface area contributed by atoms with E-state index < -0.39 is 5.91 Å². The Kier molecular flexibility index (Phi) is 3.48. The maximum Gasteiger partial charge on any atom is 0.244 e. The second-order valence-corrected chi connectivity index (χ2v) is 3.73. The van der Waals surface area contributed by atoms with Crippen LogP contribution in [0.4, 0.5) is 0 Å². The van der Waals surface area contributed by atoms with Gasteiger partial charge in [0.05, 0.1) is 6.10 Å². The van der Waals surface area contributed by atoms with E-state index in [0.717, 1.165) is 25.7 Å². The number of nitrogens with two attached hydrogens (primary N) is 1. The summed E-state index contributed by atoms with van der Waals surface area (Å²) < 4.78 is 0. The molecule has 3 nitrogen and oxygen atoms in total. The zero-order valence-corrected chi connectivity index (χ0v) is 7.99. The summed E-state index contributed by atoms with van der Waals surface area (Å²) in [6.07, 6.45) is 5.54. The summed E-state index contributed by atoms with van der Waals surface area (Å²) >= 11 is 0. The monoisotopic (exact) mass is 183 g/mol. The van der Waals surface area contributed by atoms with Crippen molar-refractivity contribution in [3.63, 3.8) is 0 Å². The van der Waals surface area contributed by atoms with Gasteiger partial charge < -0.3 is 10.8 Å². The van der Waals surface area contributed by atoms with E-state index in [0.29, 0.717) is 5.57 Å². The second-order valence-electron chi connectivity index (χ2n) is 3.73. The van der Waals surface area contributed by atoms with Gasteiger partial charge in [-0.15, -0.1) is 0 Å². The molecule has 1 rings (SSSR count). The molecule has 1 saturated carbocycles. The predicted molar refractivity (Wildman–Crippen MR) is 50.9 cm³/mol. The zero-order valence-electron chi connectivity index (χ0n) is 7.99. The van der Waals surface area contributed by atoms with Gasteiger partial charge in [-0.25, -0.2) is 0 Å². The van der Waals surface area contributed by atoms with Crippen LogP contribution in [0, 0.1) is 5.92 Å². The minimum Gasteiger partial charge on any atom is -0.393 e. The van der Waals surface area contributed by atoms with Crippen molar-refractivity contribution in [2.45, 2.75) is 38.7 Å². The Morgan fingerprint density at radius 1 is 1.46 bits per heavy atom. The van der Waals surface area contributed by atoms with E-state index >= 15 is 0 Å². The Bertz CT molecular complexity index is 223. The fourth-order valence-corrected chi connectivity index (χ4v) is 1.74. The van der Waals surface area contributed by atoms with Gasteiger partial charge in [0.2, 0.25) is 5.91 Å². The van der Waals surface area contributed by atoms with E-state index in [1.165, 1.54) is 0 Å². The molecule has 0 aliphatic heterocycles. The smallest absolute Gasteiger partial charge is 0.244 e. The van der Waals surface area contributed by atoms with Gasteiger partial charge in [-0.05, 0) is 19.8 Å². The van der Waals surface area contributed by atoms with Crippen LogP contribution in [0.15, 0.2) is 11.6 Å². The molecule has 0 aromatic carbocycles. The molecule has 0 heterocycles. The van der Waals surface area contributed by atoms with Gasteiger partial charge in [0.25, 0.3) is 0 Å². The van der Waals surface area contributed by atoms with Crippen LogP contribution in [-0.4, -0.2) is 17.1 Å². The van der Waals surface area contributed by atoms with Gasteiger partial charge in [0.1, 0.15) is 0 Å². The predicted octanol–water partition coefficient (Wildman–Crippen LogP) is 0.969. The standard InChI is InChI=1S/C10H17NO2/c1-7(10(11)13)6-8-4-2-3-5-9(8)12/h6,8-9,12H,2-5H2,1H3,(H2,11,13). The molecule has 0 spiro atoms. The molecule has 0 saturated heterocycles. The van der Waals surface area contributed by atoms with Crippen LogP contribution in [0.25, 0.3) is 0 Å². The zero-order chi connectivity index (χ0) is 9.84. The molecule has 0 bridgehead atoms. The van der Waals surface area contributed by atoms with Gasteiger partial charge in [0.15, 0.2) is 0 Å². The third kappa shape index (κ3) is 2.84. The first-order chi connectivity index (χ1) is 6.11. The maximum atomic E-state index is 10.8. The molecule has 1 aliphatic rings. The Hall–Kier alpha value is -0.830. The second kappa shape index (κ2) is 4.42. The van der Waals surface area contributed by atoms with Crippen molar-refractivity contribution in [1.29, 1.82) is 0 Å². The highest BCUT2D eigenvalue weighted by molar-refractivity contribution is 5.91. The van der Waals surface area contributed by atoms with Crippen LogP contribution < -0.4 is 5.73 Å². The SMILES string of the molecule is CC(=CC1CCCCC1O)C(N)=O. The summed E-state index contributed by atoms with van der Waals surface area (Å²) in [6.45, 7) is 1.70. The molecule has 2 atom stereocenters. The molecular weight excluding hydrogens is 166 g/mol. The van der Waals surface area contributed by atoms with Crippen LogP contribution >= 0.6 is 0 Å². The molecule has 2 unspecified atom stereocenters. The Morgan fingerprint density at radius 3 is 2.62 bits per heavy atom. The minimum atomic E-state index is -0.391. The lowest BCUT2D eigenvalue weighted by molar-refractivity contribution is -0.114. The van der Waals surface area contributed by atoms with Gasteiger partial charge in [0, 0.05) is 11.5 Å². The minimum absolute atomic E-state index is 0.126. The number of primary amides is 1. The summed E-state index contributed by atoms with van der Waals surface area (Å²) in [5.41, 5.74) is 5.67. The van der Waals surface area contributed by atoms with Gasteiger partial charge in [-0.1, -0.05) is 18.9 Å². The van der Waals surface area contributed by atoms with Crippen LogP contribution in [0.2, 0.25) is 0 Å². The van der Waals surface area contributed by atoms with Crippen molar-refractivity contribution in [3.05, 3.63) is 11.6 Å². The summed E-state index contributed by atoms with van der Waals surface area (Å²) in [7, 11) is 0. The average molecular weight is 183 g/mol. The van der Waals surface area contributed by atoms with Crippen LogP contribution in [0.5, 0.6) is 0 Å². The number of carbonyl (C=O) groups is 1. The van der Waals surface area contributed by atoms with E-state index in [4.69, 9.17) is 5.73 Å². The summed E-state index contributed by atoms with van der Waals surface area (Å²) in [6, 6.07) is 0. The normalized spacial score (nSPS) is 30.2. The number of hydrogen-bond acceptors (Lipinski definition) is 2. The van der Waals surface area contributed by atoms with Crippen LogP contribution in [0.3, 0.4) is 0 Å². The number of hydrogen-bond donors (Lipinski definition) is 2. The quantitative estimate of drug-likeness (QED) is 0.626. The largest absolute Gasteiger partial charge is 0.393 e. The lowest BCUT2D eigenvalue weighted by Gasteiger charge is -2.25. The molecule has 0 aromatic heterocycles. The summed E-state index contributed by atoms with van der Waals surface area (Å²) in [5.74, 6) is -0.265. The molecule has 3 N–H and O–H groups in total. The Morgan fingerprint density at radius 2 is 2.08 bits per heavy atom. The van der Waals surface area contributed by atoms with E-state index in [9.17, 15) is 9.90 Å². The molecule has 1 amide bonds. The molecule has 0 aromatic rings. The molecular formula is C10H17NO2. The molecule has 74 valence electrons. The van der Waals surface area contributed by atoms with Gasteiger partial charge in [-0.2, -0.15) is 0 Å². The fourth-order valence-electron chi connectivity index (χ4n) is 1.74. The van der Waals surface area contributed by atoms with E-state index in [1.54, 1.807) is 6.92 Å². The summed E-state index contributed by atoms with van der Waals surface area (Å²) in [4.78, 5) is 10.8. The first-order valence-corrected chi connectivity index (χ1v) is 4.77. The third-order valence-electron chi connectivity index (χ3n) is 2.63. The molecule has 0 radical (unpaired) electrons. The van der Waals surface area contributed by atoms with Crippen molar-refractivity contribution in [3.8, 4) is 0 Å². The lowest BCUT2D eigenvalue weighted by Crippen LogP contribution is -2.24. The molecule has 1 aliphatic carbocycles. The van der Waals surface area contributed by atoms with Crippen molar-refractivity contribution < 1.29 is 9.90 Å². The Balaban J connectivity index is 2.60. The number of amides is 1. The maximum absolute atomic E-state index is 10.8. The number of rotatable bonds is 2. The van der Waals surface area contributed by atoms with Crippen molar-refractivity contribution in [2.75, 3.05) is 0 Å². The Labute approximate surface area is 78.6 Å². The van der Waals surface area contributed by atoms with Crippen molar-refractivity contribution in [2.24, 2.45) is 11.7 Å². The topological polar surface area (TPSA) is 63.3 Å². The van der Waals surface area contributed by atoms with Gasteiger partial charge >= 0.3 is 0 Å². The van der Waals surface area contributed by atoms with E-state index in [2.05, 4.69) is 0 Å². The van der Waals surface area contributed by atoms with Crippen molar-refractivity contribution >= 4 is 5.91 Å². The highest BCUT2D eigenvalue weighted by Crippen LogP contribution is 2.26. The fraction of sp³-hybridized carbons (Fsp3) is 0.700. The van der Waals surface area contributed by atoms with Crippen LogP contribution in [-0.2, 0) is 4.79 Å². The van der Waals surface area contributed by atoms with Crippen LogP contribution in [0.1, 0.15) is 32.6 Å². The highest BCUT2D eigenvalue weighted by Gasteiger charge is 2.21. The first-order valence-electron chi connectivity index (χ1n) is 4.77. The number of carbonyl (C=O) groups excluding carboxylic acids is 1. The average Bonchev–Trinajstić information content (AvgIpc) is 2.08. The third-order valence-corrected chi connectivity index (χ3v) is 2.63. The van der Waals surface area contributed by atoms with E-state index in [1.807, 2.05) is 6.08 Å². The lowest BCUT2D eigenvalue weighted by atomic mass is 9.85. The molecule has 3 heteroatoms. The highest BCUT2D eigenvalue weighted by atomic mass is 16.3. The number of aliphatic hydroxyl groups excluding tert-OH is 1. The number of aliphatic hydroxyl groups is 1. The van der Waals surface area contributed by atoms with E-state index in [-0.39, 0.29) is 12.0 Å². The summed E-state index contributed by atoms with van der Waals surface area (Å²) in [5, 5.41) is 9.60. The molecule has 1 fully saturated rings. The van der Waals surface area contributed by atoms with Gasteiger partial charge in [-0.3, -0.25) is 4.79 Å². The van der Waals surface area contributed by atoms with Crippen molar-refractivity contribution in [1.82, 2.24) is 0 Å².